The van der Waals surface area contributed by atoms with E-state index in [-0.39, 0.29) is 11.4 Å². The number of nitrogens with zero attached hydrogens (tertiary/aromatic N) is 2. The number of hydrazone groups is 1. The van der Waals surface area contributed by atoms with E-state index in [1.807, 2.05) is 0 Å². The average molecular weight is 536 g/mol. The lowest BCUT2D eigenvalue weighted by Crippen LogP contribution is -2.39. The van der Waals surface area contributed by atoms with Crippen molar-refractivity contribution in [2.24, 2.45) is 5.10 Å². The van der Waals surface area contributed by atoms with E-state index in [9.17, 15) is 13.2 Å². The highest BCUT2D eigenvalue weighted by molar-refractivity contribution is 7.89. The van der Waals surface area contributed by atoms with Gasteiger partial charge in [-0.05, 0) is 54.1 Å². The zero-order valence-corrected chi connectivity index (χ0v) is 21.3. The Balaban J connectivity index is 1.79. The molecule has 1 N–H and O–H groups in total. The Bertz CT molecular complexity index is 1310. The van der Waals surface area contributed by atoms with Gasteiger partial charge < -0.3 is 9.47 Å². The smallest absolute Gasteiger partial charge is 0.255 e. The average Bonchev–Trinajstić information content (AvgIpc) is 2.84. The van der Waals surface area contributed by atoms with E-state index >= 15 is 0 Å². The minimum absolute atomic E-state index is 0.00296. The number of carbonyl (C=O) groups is 1. The van der Waals surface area contributed by atoms with Crippen LogP contribution in [0.2, 0.25) is 10.0 Å². The van der Waals surface area contributed by atoms with Gasteiger partial charge >= 0.3 is 0 Å². The fourth-order valence-electron chi connectivity index (χ4n) is 3.11. The summed E-state index contributed by atoms with van der Waals surface area (Å²) in [6.07, 6.45) is 1.39. The van der Waals surface area contributed by atoms with Crippen molar-refractivity contribution in [2.75, 3.05) is 20.8 Å². The van der Waals surface area contributed by atoms with Gasteiger partial charge in [0.2, 0.25) is 10.0 Å². The fourth-order valence-corrected chi connectivity index (χ4v) is 4.84. The molecule has 0 aliphatic carbocycles. The van der Waals surface area contributed by atoms with E-state index in [1.54, 1.807) is 42.5 Å². The number of hydrogen-bond donors (Lipinski definition) is 1. The standard InChI is InChI=1S/C24H23Cl2N3O5S/c1-33-21-9-6-18(23(13-21)34-2)14-27-28-24(30)16-29(15-17-4-3-5-20(26)12-17)35(31,32)22-10-7-19(25)8-11-22/h3-14H,15-16H2,1-2H3,(H,28,30)/b27-14-. The van der Waals surface area contributed by atoms with Gasteiger partial charge in [0.15, 0.2) is 0 Å². The van der Waals surface area contributed by atoms with Gasteiger partial charge in [0, 0.05) is 28.2 Å². The van der Waals surface area contributed by atoms with Crippen molar-refractivity contribution in [3.63, 3.8) is 0 Å². The Morgan fingerprint density at radius 3 is 2.40 bits per heavy atom. The Labute approximate surface area is 214 Å². The molecule has 184 valence electrons. The Kier molecular flexibility index (Phi) is 9.11. The maximum absolute atomic E-state index is 13.3. The molecule has 0 saturated carbocycles. The van der Waals surface area contributed by atoms with Crippen LogP contribution in [0.5, 0.6) is 11.5 Å². The van der Waals surface area contributed by atoms with Gasteiger partial charge in [0.25, 0.3) is 5.91 Å². The largest absolute Gasteiger partial charge is 0.497 e. The van der Waals surface area contributed by atoms with Crippen LogP contribution in [0.3, 0.4) is 0 Å². The molecule has 3 aromatic carbocycles. The SMILES string of the molecule is COc1ccc(/C=N\NC(=O)CN(Cc2cccc(Cl)c2)S(=O)(=O)c2ccc(Cl)cc2)c(OC)c1. The molecule has 0 fully saturated rings. The first-order chi connectivity index (χ1) is 16.7. The van der Waals surface area contributed by atoms with Crippen LogP contribution in [0.1, 0.15) is 11.1 Å². The van der Waals surface area contributed by atoms with Gasteiger partial charge in [-0.15, -0.1) is 0 Å². The summed E-state index contributed by atoms with van der Waals surface area (Å²) in [5, 5.41) is 4.79. The van der Waals surface area contributed by atoms with E-state index in [2.05, 4.69) is 10.5 Å². The minimum atomic E-state index is -4.03. The summed E-state index contributed by atoms with van der Waals surface area (Å²) in [4.78, 5) is 12.7. The second kappa shape index (κ2) is 12.0. The third-order valence-electron chi connectivity index (χ3n) is 4.85. The quantitative estimate of drug-likeness (QED) is 0.307. The van der Waals surface area contributed by atoms with Crippen LogP contribution in [-0.2, 0) is 21.4 Å². The number of rotatable bonds is 10. The molecule has 0 radical (unpaired) electrons. The topological polar surface area (TPSA) is 97.3 Å². The second-order valence-electron chi connectivity index (χ2n) is 7.26. The van der Waals surface area contributed by atoms with Crippen LogP contribution in [0.15, 0.2) is 76.7 Å². The van der Waals surface area contributed by atoms with Crippen molar-refractivity contribution in [1.82, 2.24) is 9.73 Å². The number of hydrogen-bond acceptors (Lipinski definition) is 6. The molecule has 0 spiro atoms. The highest BCUT2D eigenvalue weighted by Crippen LogP contribution is 2.23. The fraction of sp³-hybridized carbons (Fsp3) is 0.167. The molecule has 8 nitrogen and oxygen atoms in total. The zero-order chi connectivity index (χ0) is 25.4. The molecule has 0 saturated heterocycles. The summed E-state index contributed by atoms with van der Waals surface area (Å²) in [6, 6.07) is 17.6. The molecule has 11 heteroatoms. The number of sulfonamides is 1. The van der Waals surface area contributed by atoms with Crippen molar-refractivity contribution >= 4 is 45.3 Å². The number of ether oxygens (including phenoxy) is 2. The van der Waals surface area contributed by atoms with Crippen molar-refractivity contribution in [1.29, 1.82) is 0 Å². The molecular formula is C24H23Cl2N3O5S. The van der Waals surface area contributed by atoms with Crippen LogP contribution < -0.4 is 14.9 Å². The molecule has 0 aliphatic heterocycles. The summed E-state index contributed by atoms with van der Waals surface area (Å²) in [6.45, 7) is -0.552. The summed E-state index contributed by atoms with van der Waals surface area (Å²) >= 11 is 12.0. The lowest BCUT2D eigenvalue weighted by atomic mass is 10.2. The van der Waals surface area contributed by atoms with Crippen LogP contribution in [0, 0.1) is 0 Å². The third kappa shape index (κ3) is 7.19. The molecule has 1 amide bonds. The van der Waals surface area contributed by atoms with Crippen molar-refractivity contribution < 1.29 is 22.7 Å². The zero-order valence-electron chi connectivity index (χ0n) is 18.9. The number of nitrogens with one attached hydrogen (secondary N) is 1. The van der Waals surface area contributed by atoms with Gasteiger partial charge in [0.1, 0.15) is 11.5 Å². The second-order valence-corrected chi connectivity index (χ2v) is 10.1. The Morgan fingerprint density at radius 1 is 1.00 bits per heavy atom. The first-order valence-electron chi connectivity index (χ1n) is 10.3. The Hall–Kier alpha value is -3.11. The maximum atomic E-state index is 13.3. The summed E-state index contributed by atoms with van der Waals surface area (Å²) in [7, 11) is -0.997. The van der Waals surface area contributed by atoms with Crippen molar-refractivity contribution in [3.05, 3.63) is 87.9 Å². The van der Waals surface area contributed by atoms with E-state index in [0.717, 1.165) is 4.31 Å². The lowest BCUT2D eigenvalue weighted by Gasteiger charge is -2.21. The van der Waals surface area contributed by atoms with Crippen LogP contribution >= 0.6 is 23.2 Å². The molecule has 0 aromatic heterocycles. The molecule has 0 unspecified atom stereocenters. The molecule has 0 heterocycles. The maximum Gasteiger partial charge on any atom is 0.255 e. The van der Waals surface area contributed by atoms with Crippen molar-refractivity contribution in [2.45, 2.75) is 11.4 Å². The number of benzene rings is 3. The van der Waals surface area contributed by atoms with E-state index in [0.29, 0.717) is 32.7 Å². The number of amides is 1. The first kappa shape index (κ1) is 26.5. The van der Waals surface area contributed by atoms with Gasteiger partial charge in [0.05, 0.1) is 31.9 Å². The predicted molar refractivity (Wildman–Crippen MR) is 136 cm³/mol. The highest BCUT2D eigenvalue weighted by Gasteiger charge is 2.27. The summed E-state index contributed by atoms with van der Waals surface area (Å²) in [5.41, 5.74) is 3.58. The minimum Gasteiger partial charge on any atom is -0.497 e. The number of carbonyl (C=O) groups excluding carboxylic acids is 1. The van der Waals surface area contributed by atoms with Gasteiger partial charge in [-0.25, -0.2) is 13.8 Å². The van der Waals surface area contributed by atoms with E-state index in [4.69, 9.17) is 32.7 Å². The van der Waals surface area contributed by atoms with Crippen LogP contribution in [0.25, 0.3) is 0 Å². The molecule has 35 heavy (non-hydrogen) atoms. The van der Waals surface area contributed by atoms with Crippen LogP contribution in [-0.4, -0.2) is 45.6 Å². The molecule has 3 aromatic rings. The predicted octanol–water partition coefficient (Wildman–Crippen LogP) is 4.35. The molecule has 3 rings (SSSR count). The normalized spacial score (nSPS) is 11.6. The number of halogens is 2. The molecule has 0 atom stereocenters. The highest BCUT2D eigenvalue weighted by atomic mass is 35.5. The lowest BCUT2D eigenvalue weighted by molar-refractivity contribution is -0.121. The monoisotopic (exact) mass is 535 g/mol. The van der Waals surface area contributed by atoms with Gasteiger partial charge in [-0.2, -0.15) is 9.41 Å². The van der Waals surface area contributed by atoms with E-state index < -0.39 is 22.5 Å². The third-order valence-corrected chi connectivity index (χ3v) is 7.15. The summed E-state index contributed by atoms with van der Waals surface area (Å²) in [5.74, 6) is 0.468. The van der Waals surface area contributed by atoms with Gasteiger partial charge in [-0.3, -0.25) is 4.79 Å². The molecule has 0 aliphatic rings. The van der Waals surface area contributed by atoms with E-state index in [1.165, 1.54) is 44.7 Å². The van der Waals surface area contributed by atoms with Gasteiger partial charge in [-0.1, -0.05) is 35.3 Å². The Morgan fingerprint density at radius 2 is 1.74 bits per heavy atom. The summed E-state index contributed by atoms with van der Waals surface area (Å²) < 4.78 is 38.1. The number of methoxy groups -OCH3 is 2. The first-order valence-corrected chi connectivity index (χ1v) is 12.5. The molecule has 0 bridgehead atoms. The van der Waals surface area contributed by atoms with Crippen molar-refractivity contribution in [3.8, 4) is 11.5 Å². The van der Waals surface area contributed by atoms with Crippen LogP contribution in [0.4, 0.5) is 0 Å². The molecular weight excluding hydrogens is 513 g/mol.